The van der Waals surface area contributed by atoms with Gasteiger partial charge in [0.25, 0.3) is 0 Å². The van der Waals surface area contributed by atoms with Crippen LogP contribution in [0.1, 0.15) is 5.56 Å². The quantitative estimate of drug-likeness (QED) is 0.674. The molecule has 5 heteroatoms. The van der Waals surface area contributed by atoms with Crippen LogP contribution >= 0.6 is 12.2 Å². The predicted octanol–water partition coefficient (Wildman–Crippen LogP) is 3.35. The van der Waals surface area contributed by atoms with Crippen molar-refractivity contribution in [2.45, 2.75) is 0 Å². The van der Waals surface area contributed by atoms with Crippen LogP contribution in [0.25, 0.3) is 6.08 Å². The number of benzene rings is 2. The molecule has 0 fully saturated rings. The van der Waals surface area contributed by atoms with E-state index >= 15 is 0 Å². The summed E-state index contributed by atoms with van der Waals surface area (Å²) in [6.45, 7) is 0. The Hall–Kier alpha value is -2.53. The van der Waals surface area contributed by atoms with Crippen molar-refractivity contribution in [2.75, 3.05) is 5.32 Å². The maximum Gasteiger partial charge on any atom is 0.250 e. The normalized spacial score (nSPS) is 10.3. The van der Waals surface area contributed by atoms with E-state index in [2.05, 4.69) is 10.6 Å². The molecule has 0 aromatic heterocycles. The van der Waals surface area contributed by atoms with Crippen LogP contribution in [0.4, 0.5) is 10.1 Å². The lowest BCUT2D eigenvalue weighted by atomic mass is 10.2. The molecule has 3 nitrogen and oxygen atoms in total. The first-order valence-corrected chi connectivity index (χ1v) is 6.65. The lowest BCUT2D eigenvalue weighted by Gasteiger charge is -2.07. The molecule has 0 heterocycles. The largest absolute Gasteiger partial charge is 0.332 e. The number of hydrogen-bond donors (Lipinski definition) is 2. The molecule has 2 aromatic carbocycles. The average molecular weight is 300 g/mol. The molecule has 0 aliphatic carbocycles. The average Bonchev–Trinajstić information content (AvgIpc) is 2.48. The number of thiocarbonyl (C=S) groups is 1. The molecule has 2 N–H and O–H groups in total. The van der Waals surface area contributed by atoms with Crippen molar-refractivity contribution < 1.29 is 9.18 Å². The molecule has 106 valence electrons. The van der Waals surface area contributed by atoms with Gasteiger partial charge >= 0.3 is 0 Å². The summed E-state index contributed by atoms with van der Waals surface area (Å²) in [6, 6.07) is 15.1. The Bertz CT molecular complexity index is 654. The Balaban J connectivity index is 1.86. The number of halogens is 1. The predicted molar refractivity (Wildman–Crippen MR) is 86.2 cm³/mol. The number of nitrogens with one attached hydrogen (secondary N) is 2. The van der Waals surface area contributed by atoms with Gasteiger partial charge in [-0.2, -0.15) is 0 Å². The lowest BCUT2D eigenvalue weighted by molar-refractivity contribution is -0.115. The van der Waals surface area contributed by atoms with Gasteiger partial charge in [-0.1, -0.05) is 30.3 Å². The Kier molecular flexibility index (Phi) is 5.17. The van der Waals surface area contributed by atoms with Gasteiger partial charge in [0.2, 0.25) is 5.91 Å². The molecule has 21 heavy (non-hydrogen) atoms. The highest BCUT2D eigenvalue weighted by atomic mass is 32.1. The zero-order valence-corrected chi connectivity index (χ0v) is 11.9. The second-order valence-electron chi connectivity index (χ2n) is 4.19. The van der Waals surface area contributed by atoms with Gasteiger partial charge in [-0.15, -0.1) is 0 Å². The van der Waals surface area contributed by atoms with Crippen molar-refractivity contribution in [3.63, 3.8) is 0 Å². The van der Waals surface area contributed by atoms with E-state index in [-0.39, 0.29) is 16.8 Å². The van der Waals surface area contributed by atoms with Crippen molar-refractivity contribution in [3.8, 4) is 0 Å². The standard InChI is InChI=1S/C16H13FN2OS/c17-13-7-9-14(10-8-13)18-16(21)19-15(20)11-6-12-4-2-1-3-5-12/h1-11H,(H2,18,19,20,21). The minimum atomic E-state index is -0.335. The summed E-state index contributed by atoms with van der Waals surface area (Å²) in [4.78, 5) is 11.7. The summed E-state index contributed by atoms with van der Waals surface area (Å²) >= 11 is 5.01. The minimum absolute atomic E-state index is 0.157. The molecule has 0 atom stereocenters. The van der Waals surface area contributed by atoms with E-state index in [0.717, 1.165) is 5.56 Å². The second kappa shape index (κ2) is 7.31. The minimum Gasteiger partial charge on any atom is -0.332 e. The number of anilines is 1. The maximum absolute atomic E-state index is 12.8. The summed E-state index contributed by atoms with van der Waals surface area (Å²) in [5.74, 6) is -0.667. The second-order valence-corrected chi connectivity index (χ2v) is 4.60. The fraction of sp³-hybridized carbons (Fsp3) is 0. The molecule has 1 amide bonds. The van der Waals surface area contributed by atoms with E-state index in [0.29, 0.717) is 5.69 Å². The van der Waals surface area contributed by atoms with Crippen LogP contribution in [0.15, 0.2) is 60.7 Å². The Morgan fingerprint density at radius 3 is 2.38 bits per heavy atom. The van der Waals surface area contributed by atoms with Crippen molar-refractivity contribution in [1.82, 2.24) is 5.32 Å². The van der Waals surface area contributed by atoms with Crippen LogP contribution in [-0.4, -0.2) is 11.0 Å². The van der Waals surface area contributed by atoms with Crippen molar-refractivity contribution in [1.29, 1.82) is 0 Å². The van der Waals surface area contributed by atoms with E-state index < -0.39 is 0 Å². The SMILES string of the molecule is O=C(C=Cc1ccccc1)NC(=S)Nc1ccc(F)cc1. The Morgan fingerprint density at radius 1 is 1.05 bits per heavy atom. The summed E-state index contributed by atoms with van der Waals surface area (Å²) in [7, 11) is 0. The van der Waals surface area contributed by atoms with Gasteiger partial charge in [-0.05, 0) is 48.1 Å². The molecule has 0 spiro atoms. The van der Waals surface area contributed by atoms with Gasteiger partial charge in [0.1, 0.15) is 5.82 Å². The molecule has 0 aliphatic heterocycles. The van der Waals surface area contributed by atoms with Crippen LogP contribution < -0.4 is 10.6 Å². The van der Waals surface area contributed by atoms with E-state index in [1.807, 2.05) is 30.3 Å². The Morgan fingerprint density at radius 2 is 1.71 bits per heavy atom. The lowest BCUT2D eigenvalue weighted by Crippen LogP contribution is -2.32. The summed E-state index contributed by atoms with van der Waals surface area (Å²) in [6.07, 6.45) is 3.09. The first kappa shape index (κ1) is 14.9. The molecule has 2 rings (SSSR count). The molecule has 0 unspecified atom stereocenters. The molecule has 0 saturated heterocycles. The van der Waals surface area contributed by atoms with Gasteiger partial charge < -0.3 is 5.32 Å². The van der Waals surface area contributed by atoms with Crippen molar-refractivity contribution >= 4 is 35.0 Å². The molecular formula is C16H13FN2OS. The highest BCUT2D eigenvalue weighted by Gasteiger charge is 2.01. The van der Waals surface area contributed by atoms with Crippen LogP contribution in [0.2, 0.25) is 0 Å². The first-order valence-electron chi connectivity index (χ1n) is 6.24. The van der Waals surface area contributed by atoms with Crippen LogP contribution in [0, 0.1) is 5.82 Å². The molecule has 0 radical (unpaired) electrons. The first-order chi connectivity index (χ1) is 10.1. The smallest absolute Gasteiger partial charge is 0.250 e. The van der Waals surface area contributed by atoms with Gasteiger partial charge in [0.15, 0.2) is 5.11 Å². The molecule has 0 saturated carbocycles. The summed E-state index contributed by atoms with van der Waals surface area (Å²) in [5, 5.41) is 5.47. The fourth-order valence-corrected chi connectivity index (χ4v) is 1.80. The summed E-state index contributed by atoms with van der Waals surface area (Å²) in [5.41, 5.74) is 1.53. The van der Waals surface area contributed by atoms with Crippen LogP contribution in [0.5, 0.6) is 0 Å². The summed E-state index contributed by atoms with van der Waals surface area (Å²) < 4.78 is 12.8. The van der Waals surface area contributed by atoms with E-state index in [4.69, 9.17) is 12.2 Å². The van der Waals surface area contributed by atoms with Crippen LogP contribution in [-0.2, 0) is 4.79 Å². The molecule has 2 aromatic rings. The topological polar surface area (TPSA) is 41.1 Å². The van der Waals surface area contributed by atoms with Gasteiger partial charge in [0.05, 0.1) is 0 Å². The number of rotatable bonds is 3. The third-order valence-corrected chi connectivity index (χ3v) is 2.77. The van der Waals surface area contributed by atoms with Gasteiger partial charge in [0, 0.05) is 11.8 Å². The van der Waals surface area contributed by atoms with Gasteiger partial charge in [-0.25, -0.2) is 4.39 Å². The monoisotopic (exact) mass is 300 g/mol. The van der Waals surface area contributed by atoms with E-state index in [1.165, 1.54) is 30.3 Å². The van der Waals surface area contributed by atoms with Gasteiger partial charge in [-0.3, -0.25) is 10.1 Å². The maximum atomic E-state index is 12.8. The van der Waals surface area contributed by atoms with E-state index in [1.54, 1.807) is 6.08 Å². The third kappa shape index (κ3) is 5.16. The number of carbonyl (C=O) groups is 1. The highest BCUT2D eigenvalue weighted by molar-refractivity contribution is 7.80. The molecule has 0 bridgehead atoms. The number of hydrogen-bond acceptors (Lipinski definition) is 2. The number of carbonyl (C=O) groups excluding carboxylic acids is 1. The highest BCUT2D eigenvalue weighted by Crippen LogP contribution is 2.07. The Labute approximate surface area is 127 Å². The molecular weight excluding hydrogens is 287 g/mol. The molecule has 0 aliphatic rings. The van der Waals surface area contributed by atoms with E-state index in [9.17, 15) is 9.18 Å². The van der Waals surface area contributed by atoms with Crippen LogP contribution in [0.3, 0.4) is 0 Å². The number of amides is 1. The van der Waals surface area contributed by atoms with Crippen molar-refractivity contribution in [2.24, 2.45) is 0 Å². The zero-order valence-electron chi connectivity index (χ0n) is 11.0. The van der Waals surface area contributed by atoms with Crippen molar-refractivity contribution in [3.05, 3.63) is 72.1 Å². The third-order valence-electron chi connectivity index (χ3n) is 2.57. The fourth-order valence-electron chi connectivity index (χ4n) is 1.59. The zero-order chi connectivity index (χ0) is 15.1.